The Bertz CT molecular complexity index is 696. The van der Waals surface area contributed by atoms with E-state index in [0.29, 0.717) is 0 Å². The zero-order chi connectivity index (χ0) is 29.6. The molecule has 0 amide bonds. The summed E-state index contributed by atoms with van der Waals surface area (Å²) in [5.41, 5.74) is 0. The van der Waals surface area contributed by atoms with Gasteiger partial charge in [0.15, 0.2) is 9.04 Å². The Balaban J connectivity index is 6.45. The molecule has 0 heterocycles. The van der Waals surface area contributed by atoms with Gasteiger partial charge in [-0.1, -0.05) is 0 Å². The molecule has 6 nitrogen and oxygen atoms in total. The highest BCUT2D eigenvalue weighted by Crippen LogP contribution is 2.38. The van der Waals surface area contributed by atoms with Gasteiger partial charge in [-0.2, -0.15) is 39.5 Å². The van der Waals surface area contributed by atoms with E-state index in [4.69, 9.17) is 25.3 Å². The van der Waals surface area contributed by atoms with Gasteiger partial charge in [-0.25, -0.2) is 0 Å². The maximum atomic E-state index is 13.2. The summed E-state index contributed by atoms with van der Waals surface area (Å²) >= 11 is 0. The first-order chi connectivity index (χ1) is 16.3. The van der Waals surface area contributed by atoms with E-state index in [0.717, 1.165) is 0 Å². The minimum Gasteiger partial charge on any atom is -0.439 e. The van der Waals surface area contributed by atoms with Gasteiger partial charge in [0, 0.05) is 40.0 Å². The SMILES string of the molecule is CO[Si](C)(OC)O[Si](C)(CCC(F)(F)F)O[Si](C)(CCC(F)(F)F)O[Si](C)(CCC(F)(F)F)O[SiH](C)C. The standard InChI is InChI=1S/C17H37F9O6Si5/c1-27-37(8,28-2)32-36(7,14-11-17(24,25)26)31-35(6,13-10-16(21,22)23)30-34(5,29-33(3)4)12-9-15(18,19)20/h33H,9-14H2,1-8H3. The van der Waals surface area contributed by atoms with Gasteiger partial charge in [0.25, 0.3) is 0 Å². The fraction of sp³-hybridized carbons (Fsp3) is 1.00. The first-order valence-electron chi connectivity index (χ1n) is 11.4. The number of alkyl halides is 9. The number of hydrogen-bond acceptors (Lipinski definition) is 6. The van der Waals surface area contributed by atoms with Crippen LogP contribution in [0.2, 0.25) is 57.4 Å². The van der Waals surface area contributed by atoms with Crippen molar-refractivity contribution in [2.24, 2.45) is 0 Å². The van der Waals surface area contributed by atoms with Crippen molar-refractivity contribution < 1.29 is 64.8 Å². The zero-order valence-corrected chi connectivity index (χ0v) is 27.3. The van der Waals surface area contributed by atoms with E-state index in [2.05, 4.69) is 0 Å². The molecule has 0 aliphatic rings. The molecule has 0 saturated carbocycles. The number of hydrogen-bond donors (Lipinski definition) is 0. The molecule has 0 aliphatic heterocycles. The van der Waals surface area contributed by atoms with Gasteiger partial charge >= 0.3 is 53.0 Å². The maximum Gasteiger partial charge on any atom is 0.488 e. The smallest absolute Gasteiger partial charge is 0.439 e. The molecule has 0 aromatic carbocycles. The van der Waals surface area contributed by atoms with Crippen LogP contribution in [0.1, 0.15) is 19.3 Å². The molecule has 0 saturated heterocycles. The molecular weight excluding hydrogens is 612 g/mol. The van der Waals surface area contributed by atoms with E-state index >= 15 is 0 Å². The van der Waals surface area contributed by atoms with E-state index in [9.17, 15) is 39.5 Å². The van der Waals surface area contributed by atoms with Crippen LogP contribution in [0.4, 0.5) is 39.5 Å². The van der Waals surface area contributed by atoms with Crippen molar-refractivity contribution in [3.05, 3.63) is 0 Å². The summed E-state index contributed by atoms with van der Waals surface area (Å²) in [6.45, 7) is 8.45. The average molecular weight is 649 g/mol. The summed E-state index contributed by atoms with van der Waals surface area (Å²) in [4.78, 5) is 0. The van der Waals surface area contributed by atoms with Gasteiger partial charge in [-0.05, 0) is 50.9 Å². The van der Waals surface area contributed by atoms with Crippen LogP contribution in [0.5, 0.6) is 0 Å². The van der Waals surface area contributed by atoms with E-state index in [1.807, 2.05) is 0 Å². The lowest BCUT2D eigenvalue weighted by Gasteiger charge is -2.44. The highest BCUT2D eigenvalue weighted by Gasteiger charge is 2.54. The first kappa shape index (κ1) is 37.2. The molecule has 0 aromatic heterocycles. The summed E-state index contributed by atoms with van der Waals surface area (Å²) in [5, 5.41) is 0. The summed E-state index contributed by atoms with van der Waals surface area (Å²) in [6, 6.07) is -2.10. The molecule has 0 spiro atoms. The van der Waals surface area contributed by atoms with Crippen molar-refractivity contribution in [2.45, 2.75) is 95.2 Å². The summed E-state index contributed by atoms with van der Waals surface area (Å²) < 4.78 is 152. The van der Waals surface area contributed by atoms with Crippen molar-refractivity contribution in [1.29, 1.82) is 0 Å². The molecule has 0 fully saturated rings. The molecule has 0 N–H and O–H groups in total. The molecular formula is C17H37F9O6Si5. The lowest BCUT2D eigenvalue weighted by Crippen LogP contribution is -2.62. The summed E-state index contributed by atoms with van der Waals surface area (Å²) in [5.74, 6) is 0. The Hall–Kier alpha value is 0.214. The minimum atomic E-state index is -4.67. The van der Waals surface area contributed by atoms with E-state index in [1.54, 1.807) is 13.1 Å². The zero-order valence-electron chi connectivity index (χ0n) is 22.2. The quantitative estimate of drug-likeness (QED) is 0.133. The summed E-state index contributed by atoms with van der Waals surface area (Å²) in [6.07, 6.45) is -18.0. The van der Waals surface area contributed by atoms with Gasteiger partial charge < -0.3 is 25.3 Å². The maximum absolute atomic E-state index is 13.2. The predicted octanol–water partition coefficient (Wildman–Crippen LogP) is 6.97. The number of halogens is 9. The van der Waals surface area contributed by atoms with Crippen molar-refractivity contribution in [1.82, 2.24) is 0 Å². The van der Waals surface area contributed by atoms with Crippen LogP contribution in [-0.4, -0.2) is 76.3 Å². The van der Waals surface area contributed by atoms with Gasteiger partial charge in [-0.3, -0.25) is 0 Å². The van der Waals surface area contributed by atoms with Crippen LogP contribution in [-0.2, 0) is 25.3 Å². The monoisotopic (exact) mass is 648 g/mol. The van der Waals surface area contributed by atoms with Crippen molar-refractivity contribution in [3.8, 4) is 0 Å². The van der Waals surface area contributed by atoms with Gasteiger partial charge in [0.2, 0.25) is 0 Å². The third kappa shape index (κ3) is 16.8. The normalized spacial score (nSPS) is 19.0. The van der Waals surface area contributed by atoms with Crippen molar-refractivity contribution in [3.63, 3.8) is 0 Å². The minimum absolute atomic E-state index is 0.607. The van der Waals surface area contributed by atoms with Crippen molar-refractivity contribution >= 4 is 43.5 Å². The fourth-order valence-corrected chi connectivity index (χ4v) is 25.2. The molecule has 0 aromatic rings. The summed E-state index contributed by atoms with van der Waals surface area (Å²) in [7, 11) is -15.2. The third-order valence-electron chi connectivity index (χ3n) is 5.08. The van der Waals surface area contributed by atoms with Crippen molar-refractivity contribution in [2.75, 3.05) is 14.2 Å². The lowest BCUT2D eigenvalue weighted by atomic mass is 10.5. The van der Waals surface area contributed by atoms with Gasteiger partial charge in [0.05, 0.1) is 0 Å². The van der Waals surface area contributed by atoms with Gasteiger partial charge in [0.1, 0.15) is 0 Å². The van der Waals surface area contributed by atoms with Crippen LogP contribution in [0.3, 0.4) is 0 Å². The van der Waals surface area contributed by atoms with E-state index < -0.39 is 99.5 Å². The van der Waals surface area contributed by atoms with Crippen LogP contribution < -0.4 is 0 Å². The highest BCUT2D eigenvalue weighted by atomic mass is 28.5. The number of rotatable bonds is 16. The Morgan fingerprint density at radius 3 is 1.14 bits per heavy atom. The molecule has 37 heavy (non-hydrogen) atoms. The van der Waals surface area contributed by atoms with Crippen LogP contribution in [0.25, 0.3) is 0 Å². The molecule has 3 unspecified atom stereocenters. The largest absolute Gasteiger partial charge is 0.488 e. The van der Waals surface area contributed by atoms with Gasteiger partial charge in [-0.15, -0.1) is 0 Å². The third-order valence-corrected chi connectivity index (χ3v) is 24.0. The molecule has 3 atom stereocenters. The molecule has 0 rings (SSSR count). The molecule has 0 radical (unpaired) electrons. The Morgan fingerprint density at radius 2 is 0.838 bits per heavy atom. The predicted molar refractivity (Wildman–Crippen MR) is 130 cm³/mol. The highest BCUT2D eigenvalue weighted by molar-refractivity contribution is 6.89. The second-order valence-corrected chi connectivity index (χ2v) is 25.8. The second-order valence-electron chi connectivity index (χ2n) is 9.49. The lowest BCUT2D eigenvalue weighted by molar-refractivity contribution is -0.132. The molecule has 0 bridgehead atoms. The fourth-order valence-electron chi connectivity index (χ4n) is 3.46. The average Bonchev–Trinajstić information content (AvgIpc) is 2.67. The van der Waals surface area contributed by atoms with E-state index in [-0.39, 0.29) is 0 Å². The van der Waals surface area contributed by atoms with Crippen LogP contribution >= 0.6 is 0 Å². The molecule has 224 valence electrons. The van der Waals surface area contributed by atoms with Crippen LogP contribution in [0.15, 0.2) is 0 Å². The topological polar surface area (TPSA) is 55.4 Å². The molecule has 0 aliphatic carbocycles. The van der Waals surface area contributed by atoms with E-state index in [1.165, 1.54) is 40.4 Å². The Labute approximate surface area is 217 Å². The van der Waals surface area contributed by atoms with Crippen LogP contribution in [0, 0.1) is 0 Å². The Morgan fingerprint density at radius 1 is 0.541 bits per heavy atom. The Kier molecular flexibility index (Phi) is 13.8. The first-order valence-corrected chi connectivity index (χ1v) is 23.9. The second kappa shape index (κ2) is 13.7. The molecule has 20 heteroatoms.